The van der Waals surface area contributed by atoms with Gasteiger partial charge in [-0.05, 0) is 125 Å². The Morgan fingerprint density at radius 2 is 1.21 bits per heavy atom. The minimum absolute atomic E-state index is 0.0581. The molecule has 0 bridgehead atoms. The summed E-state index contributed by atoms with van der Waals surface area (Å²) in [6, 6.07) is 44.2. The molecular weight excluding hydrogens is 885 g/mol. The van der Waals surface area contributed by atoms with Crippen LogP contribution in [0.25, 0.3) is 0 Å². The molecule has 362 valence electrons. The predicted octanol–water partition coefficient (Wildman–Crippen LogP) is 14.2. The molecule has 0 heterocycles. The third-order valence-corrected chi connectivity index (χ3v) is 29.8. The minimum Gasteiger partial charge on any atom is -0.497 e. The molecule has 0 saturated carbocycles. The van der Waals surface area contributed by atoms with Crippen molar-refractivity contribution in [3.8, 4) is 5.75 Å². The Bertz CT molecular complexity index is 1960. The third-order valence-electron chi connectivity index (χ3n) is 14.5. The summed E-state index contributed by atoms with van der Waals surface area (Å²) in [4.78, 5) is 15.2. The van der Waals surface area contributed by atoms with E-state index in [1.54, 1.807) is 7.11 Å². The van der Waals surface area contributed by atoms with Gasteiger partial charge in [-0.25, -0.2) is 0 Å². The highest BCUT2D eigenvalue weighted by Crippen LogP contribution is 2.38. The Labute approximate surface area is 408 Å². The Morgan fingerprint density at radius 3 is 1.70 bits per heavy atom. The van der Waals surface area contributed by atoms with Crippen LogP contribution in [0.5, 0.6) is 5.75 Å². The maximum Gasteiger partial charge on any atom is 0.261 e. The lowest BCUT2D eigenvalue weighted by atomic mass is 9.85. The lowest BCUT2D eigenvalue weighted by Crippen LogP contribution is -2.66. The van der Waals surface area contributed by atoms with Crippen LogP contribution in [0.3, 0.4) is 0 Å². The molecule has 66 heavy (non-hydrogen) atoms. The van der Waals surface area contributed by atoms with Gasteiger partial charge < -0.3 is 22.8 Å². The molecule has 4 aromatic carbocycles. The van der Waals surface area contributed by atoms with Crippen molar-refractivity contribution in [1.29, 1.82) is 0 Å². The Kier molecular flexibility index (Phi) is 22.4. The van der Waals surface area contributed by atoms with Gasteiger partial charge in [-0.1, -0.05) is 179 Å². The van der Waals surface area contributed by atoms with Gasteiger partial charge in [0.2, 0.25) is 5.12 Å². The first kappa shape index (κ1) is 55.5. The molecule has 0 aromatic heterocycles. The second kappa shape index (κ2) is 26.6. The molecule has 4 rings (SSSR count). The molecule has 0 saturated heterocycles. The van der Waals surface area contributed by atoms with Crippen LogP contribution in [0.2, 0.25) is 41.3 Å². The molecule has 10 heteroatoms. The van der Waals surface area contributed by atoms with Crippen molar-refractivity contribution in [2.45, 2.75) is 167 Å². The lowest BCUT2D eigenvalue weighted by molar-refractivity contribution is -0.117. The van der Waals surface area contributed by atoms with Gasteiger partial charge in [0.25, 0.3) is 8.32 Å². The number of ether oxygens (including phenoxy) is 2. The summed E-state index contributed by atoms with van der Waals surface area (Å²) in [5.74, 6) is 1.16. The van der Waals surface area contributed by atoms with Gasteiger partial charge in [-0.3, -0.25) is 4.79 Å². The highest BCUT2D eigenvalue weighted by molar-refractivity contribution is 8.13. The second-order valence-corrected chi connectivity index (χ2v) is 34.2. The summed E-state index contributed by atoms with van der Waals surface area (Å²) < 4.78 is 34.7. The quantitative estimate of drug-likeness (QED) is 0.0319. The van der Waals surface area contributed by atoms with Gasteiger partial charge in [0.15, 0.2) is 16.6 Å². The highest BCUT2D eigenvalue weighted by atomic mass is 32.2. The first-order valence-corrected chi connectivity index (χ1v) is 32.7. The maximum absolute atomic E-state index is 14.3. The van der Waals surface area contributed by atoms with Crippen LogP contribution in [-0.4, -0.2) is 62.1 Å². The van der Waals surface area contributed by atoms with E-state index < -0.39 is 31.1 Å². The molecule has 4 aromatic rings. The number of carbonyl (C=O) groups is 1. The Balaban J connectivity index is 1.73. The molecule has 0 aliphatic heterocycles. The van der Waals surface area contributed by atoms with E-state index in [4.69, 9.17) is 22.8 Å². The van der Waals surface area contributed by atoms with E-state index in [-0.39, 0.29) is 34.2 Å². The largest absolute Gasteiger partial charge is 0.497 e. The molecule has 0 aliphatic carbocycles. The summed E-state index contributed by atoms with van der Waals surface area (Å²) in [6.07, 6.45) is 4.60. The first-order valence-electron chi connectivity index (χ1n) is 24.9. The van der Waals surface area contributed by atoms with Gasteiger partial charge in [0, 0.05) is 11.5 Å². The van der Waals surface area contributed by atoms with E-state index >= 15 is 0 Å². The van der Waals surface area contributed by atoms with Gasteiger partial charge in [-0.15, -0.1) is 0 Å². The van der Waals surface area contributed by atoms with E-state index in [1.807, 2.05) is 24.3 Å². The summed E-state index contributed by atoms with van der Waals surface area (Å²) in [7, 11) is -5.31. The lowest BCUT2D eigenvalue weighted by Gasteiger charge is -2.43. The van der Waals surface area contributed by atoms with Crippen LogP contribution in [0.1, 0.15) is 100 Å². The number of benzene rings is 4. The summed E-state index contributed by atoms with van der Waals surface area (Å²) in [6.45, 7) is 28.4. The molecule has 0 N–H and O–H groups in total. The number of hydrogen-bond donors (Lipinski definition) is 0. The fourth-order valence-corrected chi connectivity index (χ4v) is 20.4. The maximum atomic E-state index is 14.3. The van der Waals surface area contributed by atoms with Gasteiger partial charge in [-0.2, -0.15) is 0 Å². The number of methoxy groups -OCH3 is 1. The highest BCUT2D eigenvalue weighted by Gasteiger charge is 2.50. The zero-order valence-electron chi connectivity index (χ0n) is 42.9. The van der Waals surface area contributed by atoms with E-state index in [9.17, 15) is 4.79 Å². The average Bonchev–Trinajstić information content (AvgIpc) is 3.34. The number of aryl methyl sites for hydroxylation is 1. The Hall–Kier alpha value is -3.07. The van der Waals surface area contributed by atoms with Crippen LogP contribution in [0, 0.1) is 18.8 Å². The van der Waals surface area contributed by atoms with Crippen molar-refractivity contribution in [1.82, 2.24) is 0 Å². The van der Waals surface area contributed by atoms with Gasteiger partial charge in [0.1, 0.15) is 11.9 Å². The molecule has 0 aliphatic rings. The summed E-state index contributed by atoms with van der Waals surface area (Å²) in [5, 5.41) is 2.53. The minimum atomic E-state index is -2.72. The molecule has 0 radical (unpaired) electrons. The second-order valence-electron chi connectivity index (χ2n) is 19.3. The number of thioether (sulfide) groups is 1. The monoisotopic (exact) mass is 969 g/mol. The number of rotatable bonds is 28. The zero-order valence-corrected chi connectivity index (χ0v) is 46.7. The standard InChI is InChI=1S/C56H84O6SSi3/c1-14-64(15-2,16-3)61-52(31-26-32-53(62-65(17-4,18-5)19-6)55(57)63-49-39-33-44(7)34-40-49)54(59-43-47-35-37-48(58-13)38-36-47)46(9)45(8)41-42-60-66(56(10,11)12,50-27-22-20-23-28-50)51-29-24-21-25-30-51/h20-31,33-40,45-46,52-54H,14-19,32,41-43H2,1-13H3/b31-26+. The molecule has 5 unspecified atom stereocenters. The molecule has 0 spiro atoms. The van der Waals surface area contributed by atoms with Crippen molar-refractivity contribution in [3.63, 3.8) is 0 Å². The van der Waals surface area contributed by atoms with E-state index in [2.05, 4.69) is 180 Å². The van der Waals surface area contributed by atoms with Crippen LogP contribution in [0.4, 0.5) is 0 Å². The van der Waals surface area contributed by atoms with E-state index in [0.717, 1.165) is 58.9 Å². The molecule has 0 fully saturated rings. The van der Waals surface area contributed by atoms with Crippen LogP contribution >= 0.6 is 11.8 Å². The molecule has 0 amide bonds. The average molecular weight is 970 g/mol. The van der Waals surface area contributed by atoms with E-state index in [1.165, 1.54) is 27.7 Å². The fourth-order valence-electron chi connectivity index (χ4n) is 9.33. The van der Waals surface area contributed by atoms with Crippen molar-refractivity contribution < 1.29 is 27.5 Å². The zero-order chi connectivity index (χ0) is 48.4. The smallest absolute Gasteiger partial charge is 0.261 e. The SMILES string of the molecule is CC[Si](CC)(CC)OC(C/C=C/C(O[Si](CC)(CC)CC)C(OCc1ccc(OC)cc1)C(C)C(C)CCO[Si](c1ccccc1)(c1ccccc1)C(C)(C)C)C(=O)Sc1ccc(C)cc1. The first-order chi connectivity index (χ1) is 31.6. The molecule has 5 atom stereocenters. The topological polar surface area (TPSA) is 63.2 Å². The van der Waals surface area contributed by atoms with Crippen molar-refractivity contribution in [3.05, 3.63) is 132 Å². The molecule has 6 nitrogen and oxygen atoms in total. The van der Waals surface area contributed by atoms with Crippen LogP contribution in [0.15, 0.2) is 126 Å². The summed E-state index contributed by atoms with van der Waals surface area (Å²) >= 11 is 1.30. The molecular formula is C56H84O6SSi3. The van der Waals surface area contributed by atoms with Gasteiger partial charge in [0.05, 0.1) is 25.9 Å². The fraction of sp³-hybridized carbons (Fsp3) is 0.518. The third kappa shape index (κ3) is 14.7. The van der Waals surface area contributed by atoms with Crippen LogP contribution in [-0.2, 0) is 29.4 Å². The van der Waals surface area contributed by atoms with Gasteiger partial charge >= 0.3 is 0 Å². The summed E-state index contributed by atoms with van der Waals surface area (Å²) in [5.41, 5.74) is 2.25. The van der Waals surface area contributed by atoms with Crippen LogP contribution < -0.4 is 15.1 Å². The number of carbonyl (C=O) groups excluding carboxylic acids is 1. The normalized spacial score (nSPS) is 15.0. The Morgan fingerprint density at radius 1 is 0.697 bits per heavy atom. The van der Waals surface area contributed by atoms with Crippen molar-refractivity contribution >= 4 is 52.2 Å². The van der Waals surface area contributed by atoms with Crippen molar-refractivity contribution in [2.24, 2.45) is 11.8 Å². The van der Waals surface area contributed by atoms with E-state index in [0.29, 0.717) is 19.6 Å². The predicted molar refractivity (Wildman–Crippen MR) is 288 cm³/mol. The van der Waals surface area contributed by atoms with Crippen molar-refractivity contribution in [2.75, 3.05) is 13.7 Å². The number of hydrogen-bond acceptors (Lipinski definition) is 7.